The zero-order valence-electron chi connectivity index (χ0n) is 69.2. The van der Waals surface area contributed by atoms with Crippen LogP contribution in [0.1, 0.15) is 453 Å². The van der Waals surface area contributed by atoms with Gasteiger partial charge in [0.1, 0.15) is 19.3 Å². The number of rotatable bonds is 84. The largest absolute Gasteiger partial charge is 0.472 e. The number of ether oxygens (including phenoxy) is 4. The second-order valence-corrected chi connectivity index (χ2v) is 35.0. The predicted octanol–water partition coefficient (Wildman–Crippen LogP) is 26.1. The SMILES string of the molecule is CCCCCCCCCCCCCC(=O)OC[C@H](COP(=O)(O)OC[C@H](O)COP(=O)(O)OC[C@@H](COC(=O)CCCCCCCCCCCCCCCCC(C)C)OC(=O)CCCCCCCCCCCCCCCCCCCCC(C)CC)OC(=O)CCCCCCCCCCCCCCC(C)C. The molecule has 0 aliphatic heterocycles. The van der Waals surface area contributed by atoms with Gasteiger partial charge in [-0.05, 0) is 43.4 Å². The van der Waals surface area contributed by atoms with Crippen molar-refractivity contribution in [3.8, 4) is 0 Å². The van der Waals surface area contributed by atoms with Gasteiger partial charge < -0.3 is 33.8 Å². The molecule has 105 heavy (non-hydrogen) atoms. The van der Waals surface area contributed by atoms with Gasteiger partial charge in [0.2, 0.25) is 0 Å². The van der Waals surface area contributed by atoms with Crippen molar-refractivity contribution in [3.05, 3.63) is 0 Å². The molecule has 0 aromatic heterocycles. The van der Waals surface area contributed by atoms with Gasteiger partial charge in [0.15, 0.2) is 12.2 Å². The van der Waals surface area contributed by atoms with E-state index in [1.807, 2.05) is 0 Å². The molecule has 0 bridgehead atoms. The van der Waals surface area contributed by atoms with Crippen LogP contribution >= 0.6 is 15.6 Å². The first kappa shape index (κ1) is 103. The Morgan fingerprint density at radius 3 is 0.724 bits per heavy atom. The predicted molar refractivity (Wildman–Crippen MR) is 432 cm³/mol. The molecule has 0 aliphatic rings. The fourth-order valence-corrected chi connectivity index (χ4v) is 14.9. The monoisotopic (exact) mass is 1540 g/mol. The first-order chi connectivity index (χ1) is 50.8. The third kappa shape index (κ3) is 78.5. The van der Waals surface area contributed by atoms with Gasteiger partial charge in [-0.25, -0.2) is 9.13 Å². The highest BCUT2D eigenvalue weighted by Crippen LogP contribution is 2.45. The first-order valence-electron chi connectivity index (χ1n) is 44.4. The smallest absolute Gasteiger partial charge is 0.462 e. The number of carbonyl (C=O) groups excluding carboxylic acids is 4. The quantitative estimate of drug-likeness (QED) is 0.0222. The maximum Gasteiger partial charge on any atom is 0.472 e. The normalized spacial score (nSPS) is 14.1. The molecule has 0 amide bonds. The van der Waals surface area contributed by atoms with Crippen molar-refractivity contribution in [1.82, 2.24) is 0 Å². The lowest BCUT2D eigenvalue weighted by atomic mass is 9.99. The lowest BCUT2D eigenvalue weighted by Gasteiger charge is -2.21. The maximum absolute atomic E-state index is 13.1. The molecule has 3 N–H and O–H groups in total. The summed E-state index contributed by atoms with van der Waals surface area (Å²) in [5, 5.41) is 10.7. The van der Waals surface area contributed by atoms with E-state index in [1.54, 1.807) is 0 Å². The van der Waals surface area contributed by atoms with E-state index in [1.165, 1.54) is 263 Å². The van der Waals surface area contributed by atoms with Crippen LogP contribution in [0.5, 0.6) is 0 Å². The minimum absolute atomic E-state index is 0.107. The van der Waals surface area contributed by atoms with Gasteiger partial charge in [0.05, 0.1) is 26.4 Å². The maximum atomic E-state index is 13.1. The fraction of sp³-hybridized carbons (Fsp3) is 0.953. The molecule has 0 aromatic carbocycles. The molecular weight excluding hydrogens is 1370 g/mol. The van der Waals surface area contributed by atoms with Crippen LogP contribution in [0.2, 0.25) is 0 Å². The van der Waals surface area contributed by atoms with Crippen LogP contribution in [0.25, 0.3) is 0 Å². The minimum atomic E-state index is -4.97. The van der Waals surface area contributed by atoms with E-state index in [-0.39, 0.29) is 25.7 Å². The number of phosphoric ester groups is 2. The lowest BCUT2D eigenvalue weighted by Crippen LogP contribution is -2.30. The van der Waals surface area contributed by atoms with Gasteiger partial charge in [-0.3, -0.25) is 37.3 Å². The van der Waals surface area contributed by atoms with Gasteiger partial charge in [-0.2, -0.15) is 0 Å². The van der Waals surface area contributed by atoms with E-state index < -0.39 is 97.5 Å². The standard InChI is InChI=1S/C86H168O17P2/c1-8-10-11-12-13-14-29-39-46-53-60-67-83(88)96-73-81(103-86(91)70-63-56-49-42-35-28-27-31-37-44-51-58-65-78(5)6)75-100-104(92,93)98-71-80(87)72-99-105(94,95)101-76-82(74-97-84(89)68-61-54-47-40-33-25-22-21-23-30-36-43-50-57-64-77(3)4)102-85(90)69-62-55-48-41-34-26-20-18-16-15-17-19-24-32-38-45-52-59-66-79(7)9-2/h77-82,87H,8-76H2,1-7H3,(H,92,93)(H,94,95)/t79?,80-,81+,82+/m0/s1. The van der Waals surface area contributed by atoms with E-state index >= 15 is 0 Å². The molecule has 6 atom stereocenters. The molecule has 3 unspecified atom stereocenters. The van der Waals surface area contributed by atoms with Gasteiger partial charge in [0, 0.05) is 25.7 Å². The summed E-state index contributed by atoms with van der Waals surface area (Å²) >= 11 is 0. The molecule has 0 radical (unpaired) electrons. The molecule has 0 saturated carbocycles. The van der Waals surface area contributed by atoms with E-state index in [2.05, 4.69) is 48.5 Å². The van der Waals surface area contributed by atoms with Crippen molar-refractivity contribution in [2.24, 2.45) is 17.8 Å². The fourth-order valence-electron chi connectivity index (χ4n) is 13.3. The molecule has 0 fully saturated rings. The molecule has 0 spiro atoms. The molecule has 0 aliphatic carbocycles. The highest BCUT2D eigenvalue weighted by Gasteiger charge is 2.30. The Hall–Kier alpha value is -1.94. The van der Waals surface area contributed by atoms with Gasteiger partial charge in [-0.1, -0.05) is 402 Å². The summed E-state index contributed by atoms with van der Waals surface area (Å²) in [7, 11) is -9.93. The third-order valence-corrected chi connectivity index (χ3v) is 22.4. The number of unbranched alkanes of at least 4 members (excludes halogenated alkanes) is 51. The summed E-state index contributed by atoms with van der Waals surface area (Å²) in [5.41, 5.74) is 0. The Bertz CT molecular complexity index is 2030. The van der Waals surface area contributed by atoms with Crippen molar-refractivity contribution in [3.63, 3.8) is 0 Å². The average molecular weight is 1540 g/mol. The molecule has 624 valence electrons. The Morgan fingerprint density at radius 1 is 0.276 bits per heavy atom. The second kappa shape index (κ2) is 76.1. The molecular formula is C86H168O17P2. The van der Waals surface area contributed by atoms with Crippen LogP contribution in [0, 0.1) is 17.8 Å². The number of aliphatic hydroxyl groups is 1. The molecule has 19 heteroatoms. The number of phosphoric acid groups is 2. The Kier molecular flexibility index (Phi) is 74.7. The van der Waals surface area contributed by atoms with Crippen LogP contribution < -0.4 is 0 Å². The zero-order valence-corrected chi connectivity index (χ0v) is 71.0. The molecule has 0 heterocycles. The second-order valence-electron chi connectivity index (χ2n) is 32.1. The van der Waals surface area contributed by atoms with E-state index in [4.69, 9.17) is 37.0 Å². The number of hydrogen-bond donors (Lipinski definition) is 3. The van der Waals surface area contributed by atoms with Crippen molar-refractivity contribution >= 4 is 39.5 Å². The van der Waals surface area contributed by atoms with Crippen LogP contribution in [-0.4, -0.2) is 96.7 Å². The highest BCUT2D eigenvalue weighted by atomic mass is 31.2. The van der Waals surface area contributed by atoms with Crippen molar-refractivity contribution < 1.29 is 80.2 Å². The first-order valence-corrected chi connectivity index (χ1v) is 47.4. The summed E-state index contributed by atoms with van der Waals surface area (Å²) in [6.45, 7) is 12.1. The minimum Gasteiger partial charge on any atom is -0.462 e. The number of esters is 4. The van der Waals surface area contributed by atoms with E-state index in [0.717, 1.165) is 108 Å². The highest BCUT2D eigenvalue weighted by molar-refractivity contribution is 7.47. The van der Waals surface area contributed by atoms with Crippen molar-refractivity contribution in [2.75, 3.05) is 39.6 Å². The Morgan fingerprint density at radius 2 is 0.486 bits per heavy atom. The van der Waals surface area contributed by atoms with Gasteiger partial charge in [-0.15, -0.1) is 0 Å². The molecule has 0 aromatic rings. The number of hydrogen-bond acceptors (Lipinski definition) is 15. The average Bonchev–Trinajstić information content (AvgIpc) is 0.908. The summed E-state index contributed by atoms with van der Waals surface area (Å²) in [6, 6.07) is 0. The van der Waals surface area contributed by atoms with E-state index in [0.29, 0.717) is 25.7 Å². The molecule has 0 rings (SSSR count). The number of aliphatic hydroxyl groups excluding tert-OH is 1. The topological polar surface area (TPSA) is 237 Å². The summed E-state index contributed by atoms with van der Waals surface area (Å²) in [6.07, 6.45) is 66.5. The Balaban J connectivity index is 5.24. The molecule has 17 nitrogen and oxygen atoms in total. The van der Waals surface area contributed by atoms with Crippen LogP contribution in [-0.2, 0) is 65.4 Å². The van der Waals surface area contributed by atoms with Crippen LogP contribution in [0.15, 0.2) is 0 Å². The van der Waals surface area contributed by atoms with Gasteiger partial charge in [0.25, 0.3) is 0 Å². The summed E-state index contributed by atoms with van der Waals surface area (Å²) in [4.78, 5) is 73.2. The summed E-state index contributed by atoms with van der Waals surface area (Å²) < 4.78 is 68.9. The summed E-state index contributed by atoms with van der Waals surface area (Å²) in [5.74, 6) is 0.344. The molecule has 0 saturated heterocycles. The zero-order chi connectivity index (χ0) is 77.2. The van der Waals surface area contributed by atoms with Crippen molar-refractivity contribution in [1.29, 1.82) is 0 Å². The van der Waals surface area contributed by atoms with Crippen molar-refractivity contribution in [2.45, 2.75) is 471 Å². The van der Waals surface area contributed by atoms with Crippen LogP contribution in [0.4, 0.5) is 0 Å². The number of carbonyl (C=O) groups is 4. The Labute approximate surface area is 645 Å². The van der Waals surface area contributed by atoms with Crippen LogP contribution in [0.3, 0.4) is 0 Å². The van der Waals surface area contributed by atoms with Gasteiger partial charge >= 0.3 is 39.5 Å². The lowest BCUT2D eigenvalue weighted by molar-refractivity contribution is -0.161. The van der Waals surface area contributed by atoms with E-state index in [9.17, 15) is 43.2 Å². The third-order valence-electron chi connectivity index (χ3n) is 20.5.